The molecule has 0 atom stereocenters. The van der Waals surface area contributed by atoms with Gasteiger partial charge in [-0.25, -0.2) is 0 Å². The summed E-state index contributed by atoms with van der Waals surface area (Å²) in [6.45, 7) is -1.72. The molecule has 0 aromatic heterocycles. The molecule has 6 heavy (non-hydrogen) atoms. The van der Waals surface area contributed by atoms with Crippen LogP contribution in [0.25, 0.3) is 0 Å². The van der Waals surface area contributed by atoms with Crippen LogP contribution in [0.3, 0.4) is 0 Å². The third kappa shape index (κ3) is 79.3. The van der Waals surface area contributed by atoms with Crippen molar-refractivity contribution in [1.29, 1.82) is 0 Å². The Morgan fingerprint density at radius 1 is 1.00 bits per heavy atom. The minimum atomic E-state index is -1.72. The molecule has 0 N–H and O–H groups in total. The molecule has 0 aliphatic rings. The number of nitrogens with zero attached hydrogens (tertiary/aromatic N) is 1. The molecule has 6 heteroatoms. The van der Waals surface area contributed by atoms with E-state index in [9.17, 15) is 0 Å². The van der Waals surface area contributed by atoms with E-state index >= 15 is 0 Å². The molecule has 0 aliphatic carbocycles. The molecule has 0 aromatic carbocycles. The highest BCUT2D eigenvalue weighted by Gasteiger charge is 1.85. The summed E-state index contributed by atoms with van der Waals surface area (Å²) in [5.41, 5.74) is 0. The summed E-state index contributed by atoms with van der Waals surface area (Å²) in [5.74, 6) is 0. The molecule has 0 aromatic rings. The van der Waals surface area contributed by atoms with E-state index in [0.717, 1.165) is 0 Å². The lowest BCUT2D eigenvalue weighted by molar-refractivity contribution is 0.686. The molecule has 0 amide bonds. The maximum absolute atomic E-state index is 4.94. The highest BCUT2D eigenvalue weighted by Crippen LogP contribution is 1.97. The minimum Gasteiger partial charge on any atom is -0.130 e. The largest absolute Gasteiger partial charge is 0.326 e. The normalized spacial score (nSPS) is 6.00. The van der Waals surface area contributed by atoms with Gasteiger partial charge in [0, 0.05) is 11.6 Å². The minimum absolute atomic E-state index is 0. The van der Waals surface area contributed by atoms with Crippen molar-refractivity contribution in [1.82, 2.24) is 6.15 Å². The molecule has 5 radical (unpaired) electrons. The second-order valence-corrected chi connectivity index (χ2v) is 6.68. The van der Waals surface area contributed by atoms with Gasteiger partial charge in [-0.15, -0.1) is 33.2 Å². The van der Waals surface area contributed by atoms with E-state index in [1.54, 1.807) is 0 Å². The fraction of sp³-hybridized carbons (Fsp3) is 0. The van der Waals surface area contributed by atoms with Crippen LogP contribution in [0, 0.1) is 0 Å². The summed E-state index contributed by atoms with van der Waals surface area (Å²) in [5, 5.41) is 0. The van der Waals surface area contributed by atoms with Crippen molar-refractivity contribution in [3.63, 3.8) is 0 Å². The molecule has 0 rings (SSSR count). The number of hydrogen-bond donors (Lipinski definition) is 0. The lowest BCUT2D eigenvalue weighted by Crippen LogP contribution is -1.66. The average molecular weight is 165 g/mol. The van der Waals surface area contributed by atoms with Crippen LogP contribution in [0.1, 0.15) is 0 Å². The molecule has 37 valence electrons. The van der Waals surface area contributed by atoms with Gasteiger partial charge in [0.1, 0.15) is 0 Å². The standard InChI is InChI=1S/Cl3HSi.N.O/c1-4(2)3;;/h4H;;. The zero-order valence-electron chi connectivity index (χ0n) is 2.57. The first-order valence-corrected chi connectivity index (χ1v) is 5.89. The van der Waals surface area contributed by atoms with Gasteiger partial charge >= 0.3 is 6.73 Å². The van der Waals surface area contributed by atoms with Gasteiger partial charge in [0.2, 0.25) is 0 Å². The van der Waals surface area contributed by atoms with Crippen LogP contribution in [0.4, 0.5) is 0 Å². The Labute approximate surface area is 52.0 Å². The summed E-state index contributed by atoms with van der Waals surface area (Å²) in [4.78, 5) is 0. The van der Waals surface area contributed by atoms with Crippen molar-refractivity contribution in [3.05, 3.63) is 0 Å². The maximum Gasteiger partial charge on any atom is 0.326 e. The SMILES string of the molecule is Cl[SiH](Cl)Cl.[N].[O]. The molecule has 0 saturated carbocycles. The molecular formula is HCl3NOSi. The zero-order chi connectivity index (χ0) is 3.58. The van der Waals surface area contributed by atoms with Crippen LogP contribution >= 0.6 is 33.2 Å². The van der Waals surface area contributed by atoms with Crippen molar-refractivity contribution >= 4 is 40.0 Å². The molecule has 0 saturated heterocycles. The van der Waals surface area contributed by atoms with Gasteiger partial charge in [-0.2, -0.15) is 0 Å². The molecule has 0 aliphatic heterocycles. The number of rotatable bonds is 0. The van der Waals surface area contributed by atoms with Gasteiger partial charge in [0.25, 0.3) is 0 Å². The van der Waals surface area contributed by atoms with Crippen molar-refractivity contribution in [3.8, 4) is 0 Å². The van der Waals surface area contributed by atoms with Gasteiger partial charge in [-0.05, 0) is 0 Å². The molecule has 0 spiro atoms. The van der Waals surface area contributed by atoms with Gasteiger partial charge in [0.05, 0.1) is 0 Å². The average Bonchev–Trinajstić information content (AvgIpc) is 0.811. The first-order valence-electron chi connectivity index (χ1n) is 0.655. The van der Waals surface area contributed by atoms with E-state index in [1.807, 2.05) is 0 Å². The Kier molecular flexibility index (Phi) is 24.6. The van der Waals surface area contributed by atoms with Gasteiger partial charge in [0.15, 0.2) is 0 Å². The predicted molar refractivity (Wildman–Crippen MR) is 27.5 cm³/mol. The fourth-order valence-electron chi connectivity index (χ4n) is 0. The van der Waals surface area contributed by atoms with Crippen molar-refractivity contribution in [2.45, 2.75) is 0 Å². The fourth-order valence-corrected chi connectivity index (χ4v) is 0. The van der Waals surface area contributed by atoms with Crippen LogP contribution in [-0.4, -0.2) is 6.73 Å². The molecule has 0 heterocycles. The second kappa shape index (κ2) is 9.38. The molecule has 0 unspecified atom stereocenters. The molecule has 2 nitrogen and oxygen atoms in total. The highest BCUT2D eigenvalue weighted by molar-refractivity contribution is 7.54. The summed E-state index contributed by atoms with van der Waals surface area (Å²) in [6, 6.07) is 0. The van der Waals surface area contributed by atoms with E-state index in [0.29, 0.717) is 0 Å². The maximum atomic E-state index is 4.94. The quantitative estimate of drug-likeness (QED) is 0.377. The van der Waals surface area contributed by atoms with Crippen molar-refractivity contribution in [2.75, 3.05) is 0 Å². The number of halogens is 3. The summed E-state index contributed by atoms with van der Waals surface area (Å²) in [6.07, 6.45) is 0. The van der Waals surface area contributed by atoms with E-state index < -0.39 is 6.73 Å². The third-order valence-corrected chi connectivity index (χ3v) is 0. The van der Waals surface area contributed by atoms with E-state index in [2.05, 4.69) is 0 Å². The van der Waals surface area contributed by atoms with Crippen LogP contribution in [0.2, 0.25) is 0 Å². The number of hydrogen-bond acceptors (Lipinski definition) is 0. The van der Waals surface area contributed by atoms with Crippen LogP contribution in [0.15, 0.2) is 0 Å². The predicted octanol–water partition coefficient (Wildman–Crippen LogP) is 0.821. The Morgan fingerprint density at radius 3 is 1.00 bits per heavy atom. The van der Waals surface area contributed by atoms with Crippen molar-refractivity contribution < 1.29 is 5.48 Å². The molecule has 0 fully saturated rings. The Balaban J connectivity index is -0.0000000450. The summed E-state index contributed by atoms with van der Waals surface area (Å²) >= 11 is 14.8. The monoisotopic (exact) mass is 164 g/mol. The van der Waals surface area contributed by atoms with E-state index in [1.165, 1.54) is 0 Å². The lowest BCUT2D eigenvalue weighted by Gasteiger charge is -1.65. The van der Waals surface area contributed by atoms with Crippen molar-refractivity contribution in [2.24, 2.45) is 0 Å². The Morgan fingerprint density at radius 2 is 1.00 bits per heavy atom. The van der Waals surface area contributed by atoms with Gasteiger partial charge in [-0.1, -0.05) is 0 Å². The Hall–Kier alpha value is 1.01. The highest BCUT2D eigenvalue weighted by atomic mass is 35.8. The van der Waals surface area contributed by atoms with Gasteiger partial charge in [-0.3, -0.25) is 0 Å². The van der Waals surface area contributed by atoms with Crippen LogP contribution < -0.4 is 6.15 Å². The Bertz CT molecular complexity index is 15.5. The molecular weight excluding hydrogens is 164 g/mol. The van der Waals surface area contributed by atoms with Gasteiger partial charge < -0.3 is 0 Å². The zero-order valence-corrected chi connectivity index (χ0v) is 5.99. The smallest absolute Gasteiger partial charge is 0.130 e. The van der Waals surface area contributed by atoms with Crippen LogP contribution in [-0.2, 0) is 5.48 Å². The topological polar surface area (TPSA) is 59.0 Å². The van der Waals surface area contributed by atoms with Crippen LogP contribution in [0.5, 0.6) is 0 Å². The first kappa shape index (κ1) is 15.7. The first-order chi connectivity index (χ1) is 1.73. The molecule has 0 bridgehead atoms. The second-order valence-electron chi connectivity index (χ2n) is 0.247. The van der Waals surface area contributed by atoms with E-state index in [-0.39, 0.29) is 11.6 Å². The lowest BCUT2D eigenvalue weighted by atomic mass is 14.0. The summed E-state index contributed by atoms with van der Waals surface area (Å²) < 4.78 is 0. The van der Waals surface area contributed by atoms with E-state index in [4.69, 9.17) is 33.2 Å². The summed E-state index contributed by atoms with van der Waals surface area (Å²) in [7, 11) is 0. The third-order valence-electron chi connectivity index (χ3n) is 0.